The predicted octanol–water partition coefficient (Wildman–Crippen LogP) is 1.12. The molecule has 1 rings (SSSR count). The van der Waals surface area contributed by atoms with Crippen LogP contribution in [0.5, 0.6) is 0 Å². The minimum Gasteiger partial charge on any atom is -0.481 e. The largest absolute Gasteiger partial charge is 0.481 e. The van der Waals surface area contributed by atoms with Gasteiger partial charge in [-0.25, -0.2) is 0 Å². The number of carboxylic acids is 1. The summed E-state index contributed by atoms with van der Waals surface area (Å²) in [6, 6.07) is 0.597. The number of aliphatic carboxylic acids is 1. The summed E-state index contributed by atoms with van der Waals surface area (Å²) in [5.74, 6) is -0.919. The molecule has 16 heavy (non-hydrogen) atoms. The molecule has 94 valence electrons. The van der Waals surface area contributed by atoms with Crippen LogP contribution in [0.25, 0.3) is 0 Å². The maximum Gasteiger partial charge on any atom is 0.306 e. The van der Waals surface area contributed by atoms with Crippen LogP contribution in [0.15, 0.2) is 0 Å². The SMILES string of the molecule is CC(CCN(C)C1CCCN(C)C1)C(=O)O. The standard InChI is InChI=1S/C12H24N2O2/c1-10(12(15)16)6-8-14(3)11-5-4-7-13(2)9-11/h10-11H,4-9H2,1-3H3,(H,15,16). The Kier molecular flexibility index (Phi) is 5.22. The maximum atomic E-state index is 10.7. The van der Waals surface area contributed by atoms with E-state index in [0.717, 1.165) is 19.5 Å². The molecular weight excluding hydrogens is 204 g/mol. The first kappa shape index (κ1) is 13.5. The van der Waals surface area contributed by atoms with Crippen molar-refractivity contribution in [3.63, 3.8) is 0 Å². The van der Waals surface area contributed by atoms with Gasteiger partial charge in [-0.3, -0.25) is 4.79 Å². The normalized spacial score (nSPS) is 24.6. The van der Waals surface area contributed by atoms with Crippen molar-refractivity contribution in [2.45, 2.75) is 32.2 Å². The van der Waals surface area contributed by atoms with Crippen LogP contribution >= 0.6 is 0 Å². The van der Waals surface area contributed by atoms with Crippen LogP contribution in [0.4, 0.5) is 0 Å². The Morgan fingerprint density at radius 2 is 2.31 bits per heavy atom. The van der Waals surface area contributed by atoms with Crippen molar-refractivity contribution in [1.29, 1.82) is 0 Å². The molecule has 0 aliphatic carbocycles. The maximum absolute atomic E-state index is 10.7. The molecule has 0 saturated carbocycles. The van der Waals surface area contributed by atoms with Crippen LogP contribution in [0.1, 0.15) is 26.2 Å². The zero-order valence-electron chi connectivity index (χ0n) is 10.6. The van der Waals surface area contributed by atoms with E-state index >= 15 is 0 Å². The fraction of sp³-hybridized carbons (Fsp3) is 0.917. The van der Waals surface area contributed by atoms with E-state index in [2.05, 4.69) is 23.9 Å². The number of piperidine rings is 1. The molecule has 1 saturated heterocycles. The second kappa shape index (κ2) is 6.21. The molecule has 0 spiro atoms. The Balaban J connectivity index is 2.28. The Morgan fingerprint density at radius 1 is 1.62 bits per heavy atom. The lowest BCUT2D eigenvalue weighted by molar-refractivity contribution is -0.141. The average Bonchev–Trinajstić information content (AvgIpc) is 2.25. The molecule has 1 fully saturated rings. The molecule has 0 aromatic rings. The van der Waals surface area contributed by atoms with E-state index in [9.17, 15) is 4.79 Å². The van der Waals surface area contributed by atoms with Gasteiger partial charge in [-0.1, -0.05) is 6.92 Å². The molecule has 0 aromatic heterocycles. The van der Waals surface area contributed by atoms with Crippen LogP contribution in [-0.2, 0) is 4.79 Å². The minimum absolute atomic E-state index is 0.233. The Bertz CT molecular complexity index is 233. The van der Waals surface area contributed by atoms with E-state index < -0.39 is 5.97 Å². The van der Waals surface area contributed by atoms with Gasteiger partial charge in [0.15, 0.2) is 0 Å². The molecule has 1 aliphatic rings. The van der Waals surface area contributed by atoms with Gasteiger partial charge in [0, 0.05) is 12.6 Å². The lowest BCUT2D eigenvalue weighted by Gasteiger charge is -2.36. The van der Waals surface area contributed by atoms with Crippen LogP contribution in [0.2, 0.25) is 0 Å². The smallest absolute Gasteiger partial charge is 0.306 e. The number of hydrogen-bond donors (Lipinski definition) is 1. The molecule has 0 aromatic carbocycles. The van der Waals surface area contributed by atoms with E-state index in [1.807, 2.05) is 0 Å². The van der Waals surface area contributed by atoms with E-state index in [4.69, 9.17) is 5.11 Å². The number of carbonyl (C=O) groups is 1. The lowest BCUT2D eigenvalue weighted by atomic mass is 10.0. The monoisotopic (exact) mass is 228 g/mol. The van der Waals surface area contributed by atoms with Gasteiger partial charge in [0.1, 0.15) is 0 Å². The first-order valence-electron chi connectivity index (χ1n) is 6.12. The van der Waals surface area contributed by atoms with Gasteiger partial charge in [-0.05, 0) is 46.4 Å². The highest BCUT2D eigenvalue weighted by Crippen LogP contribution is 2.14. The summed E-state index contributed by atoms with van der Waals surface area (Å²) in [5.41, 5.74) is 0. The van der Waals surface area contributed by atoms with Gasteiger partial charge in [-0.15, -0.1) is 0 Å². The zero-order valence-corrected chi connectivity index (χ0v) is 10.6. The van der Waals surface area contributed by atoms with E-state index in [1.54, 1.807) is 6.92 Å². The third kappa shape index (κ3) is 4.10. The predicted molar refractivity (Wildman–Crippen MR) is 64.6 cm³/mol. The van der Waals surface area contributed by atoms with Crippen LogP contribution in [0.3, 0.4) is 0 Å². The minimum atomic E-state index is -0.686. The molecule has 1 heterocycles. The number of carboxylic acid groups (broad SMARTS) is 1. The van der Waals surface area contributed by atoms with E-state index in [1.165, 1.54) is 19.4 Å². The highest BCUT2D eigenvalue weighted by molar-refractivity contribution is 5.69. The number of rotatable bonds is 5. The summed E-state index contributed by atoms with van der Waals surface area (Å²) in [5, 5.41) is 8.82. The summed E-state index contributed by atoms with van der Waals surface area (Å²) < 4.78 is 0. The lowest BCUT2D eigenvalue weighted by Crippen LogP contribution is -2.45. The molecule has 1 aliphatic heterocycles. The summed E-state index contributed by atoms with van der Waals surface area (Å²) in [7, 11) is 4.26. The zero-order chi connectivity index (χ0) is 12.1. The summed E-state index contributed by atoms with van der Waals surface area (Å²) >= 11 is 0. The van der Waals surface area contributed by atoms with Crippen molar-refractivity contribution in [3.8, 4) is 0 Å². The van der Waals surface area contributed by atoms with Crippen LogP contribution < -0.4 is 0 Å². The van der Waals surface area contributed by atoms with Crippen LogP contribution in [-0.4, -0.2) is 60.6 Å². The van der Waals surface area contributed by atoms with Gasteiger partial charge < -0.3 is 14.9 Å². The molecule has 4 heteroatoms. The average molecular weight is 228 g/mol. The number of nitrogens with zero attached hydrogens (tertiary/aromatic N) is 2. The molecule has 4 nitrogen and oxygen atoms in total. The topological polar surface area (TPSA) is 43.8 Å². The third-order valence-corrected chi connectivity index (χ3v) is 3.56. The van der Waals surface area contributed by atoms with Crippen molar-refractivity contribution in [2.24, 2.45) is 5.92 Å². The number of likely N-dealkylation sites (N-methyl/N-ethyl adjacent to an activating group) is 2. The van der Waals surface area contributed by atoms with E-state index in [0.29, 0.717) is 6.04 Å². The number of hydrogen-bond acceptors (Lipinski definition) is 3. The van der Waals surface area contributed by atoms with Gasteiger partial charge in [0.2, 0.25) is 0 Å². The Hall–Kier alpha value is -0.610. The van der Waals surface area contributed by atoms with Gasteiger partial charge in [0.25, 0.3) is 0 Å². The highest BCUT2D eigenvalue weighted by atomic mass is 16.4. The van der Waals surface area contributed by atoms with Gasteiger partial charge in [0.05, 0.1) is 5.92 Å². The Morgan fingerprint density at radius 3 is 2.88 bits per heavy atom. The van der Waals surface area contributed by atoms with E-state index in [-0.39, 0.29) is 5.92 Å². The molecule has 1 N–H and O–H groups in total. The Labute approximate surface area is 98.2 Å². The first-order valence-corrected chi connectivity index (χ1v) is 6.12. The quantitative estimate of drug-likeness (QED) is 0.766. The second-order valence-corrected chi connectivity index (χ2v) is 5.07. The molecular formula is C12H24N2O2. The highest BCUT2D eigenvalue weighted by Gasteiger charge is 2.21. The molecule has 0 amide bonds. The fourth-order valence-corrected chi connectivity index (χ4v) is 2.20. The van der Waals surface area contributed by atoms with Gasteiger partial charge in [-0.2, -0.15) is 0 Å². The van der Waals surface area contributed by atoms with Crippen molar-refractivity contribution < 1.29 is 9.90 Å². The van der Waals surface area contributed by atoms with Crippen LogP contribution in [0, 0.1) is 5.92 Å². The third-order valence-electron chi connectivity index (χ3n) is 3.56. The van der Waals surface area contributed by atoms with Crippen molar-refractivity contribution in [3.05, 3.63) is 0 Å². The van der Waals surface area contributed by atoms with Crippen molar-refractivity contribution in [2.75, 3.05) is 33.7 Å². The van der Waals surface area contributed by atoms with Crippen molar-refractivity contribution in [1.82, 2.24) is 9.80 Å². The second-order valence-electron chi connectivity index (χ2n) is 5.07. The molecule has 0 bridgehead atoms. The molecule has 2 atom stereocenters. The van der Waals surface area contributed by atoms with Gasteiger partial charge >= 0.3 is 5.97 Å². The summed E-state index contributed by atoms with van der Waals surface area (Å²) in [4.78, 5) is 15.4. The summed E-state index contributed by atoms with van der Waals surface area (Å²) in [6.07, 6.45) is 3.23. The first-order chi connectivity index (χ1) is 7.50. The number of likely N-dealkylation sites (tertiary alicyclic amines) is 1. The summed E-state index contributed by atoms with van der Waals surface area (Å²) in [6.45, 7) is 4.96. The molecule has 0 radical (unpaired) electrons. The fourth-order valence-electron chi connectivity index (χ4n) is 2.20. The van der Waals surface area contributed by atoms with Crippen molar-refractivity contribution >= 4 is 5.97 Å². The molecule has 2 unspecified atom stereocenters.